The summed E-state index contributed by atoms with van der Waals surface area (Å²) >= 11 is 0. The maximum atomic E-state index is 14.4. The van der Waals surface area contributed by atoms with Crippen LogP contribution in [-0.4, -0.2) is 15.8 Å². The molecule has 1 aromatic heterocycles. The minimum absolute atomic E-state index is 0.0574. The second-order valence-corrected chi connectivity index (χ2v) is 8.37. The van der Waals surface area contributed by atoms with Crippen LogP contribution in [0, 0.1) is 24.5 Å². The normalized spacial score (nSPS) is 17.5. The fourth-order valence-electron chi connectivity index (χ4n) is 4.17. The van der Waals surface area contributed by atoms with Crippen LogP contribution in [0.25, 0.3) is 11.1 Å². The van der Waals surface area contributed by atoms with Gasteiger partial charge >= 0.3 is 0 Å². The summed E-state index contributed by atoms with van der Waals surface area (Å²) in [6, 6.07) is 18.8. The van der Waals surface area contributed by atoms with Crippen molar-refractivity contribution in [2.45, 2.75) is 32.4 Å². The van der Waals surface area contributed by atoms with Gasteiger partial charge in [0.2, 0.25) is 11.8 Å². The van der Waals surface area contributed by atoms with Crippen LogP contribution in [0.3, 0.4) is 0 Å². The largest absolute Gasteiger partial charge is 0.439 e. The van der Waals surface area contributed by atoms with Crippen molar-refractivity contribution < 1.29 is 18.0 Å². The lowest BCUT2D eigenvalue weighted by atomic mass is 10.1. The number of carbonyl (C=O) groups is 1. The number of benzene rings is 3. The van der Waals surface area contributed by atoms with Crippen molar-refractivity contribution in [3.05, 3.63) is 101 Å². The van der Waals surface area contributed by atoms with Gasteiger partial charge in [0.25, 0.3) is 0 Å². The number of hydrogen-bond donors (Lipinski definition) is 0. The monoisotopic (exact) mass is 432 g/mol. The van der Waals surface area contributed by atoms with E-state index in [1.165, 1.54) is 4.90 Å². The first kappa shape index (κ1) is 20.4. The van der Waals surface area contributed by atoms with Gasteiger partial charge in [0.1, 0.15) is 17.2 Å². The van der Waals surface area contributed by atoms with Crippen molar-refractivity contribution in [1.82, 2.24) is 9.88 Å². The molecular formula is C26H22F2N2O2. The molecule has 2 atom stereocenters. The number of halogens is 2. The number of carbonyl (C=O) groups excluding carboxylic acids is 1. The number of nitrogens with zero attached hydrogens (tertiary/aromatic N) is 2. The lowest BCUT2D eigenvalue weighted by Gasteiger charge is -2.22. The molecule has 0 radical (unpaired) electrons. The van der Waals surface area contributed by atoms with E-state index in [-0.39, 0.29) is 36.4 Å². The molecule has 1 aliphatic rings. The molecule has 4 aromatic rings. The Morgan fingerprint density at radius 1 is 1.06 bits per heavy atom. The average molecular weight is 432 g/mol. The third-order valence-electron chi connectivity index (χ3n) is 5.93. The highest BCUT2D eigenvalue weighted by Crippen LogP contribution is 2.48. The first-order chi connectivity index (χ1) is 15.5. The highest BCUT2D eigenvalue weighted by atomic mass is 19.1. The van der Waals surface area contributed by atoms with Gasteiger partial charge in [-0.1, -0.05) is 36.4 Å². The minimum atomic E-state index is -0.548. The SMILES string of the molecule is Cc1ccc2oc(CN(Cc3cc(F)ccc3F)C(=O)C3C[C@@H]3c3ccccc3)nc2c1. The number of oxazole rings is 1. The molecule has 1 aliphatic carbocycles. The van der Waals surface area contributed by atoms with E-state index in [0.717, 1.165) is 35.7 Å². The minimum Gasteiger partial charge on any atom is -0.439 e. The maximum Gasteiger partial charge on any atom is 0.227 e. The van der Waals surface area contributed by atoms with E-state index in [9.17, 15) is 13.6 Å². The van der Waals surface area contributed by atoms with E-state index >= 15 is 0 Å². The molecule has 5 rings (SSSR count). The number of hydrogen-bond acceptors (Lipinski definition) is 3. The summed E-state index contributed by atoms with van der Waals surface area (Å²) in [5.41, 5.74) is 3.62. The standard InChI is InChI=1S/C26H22F2N2O2/c1-16-7-10-24-23(11-16)29-25(32-24)15-30(14-18-12-19(27)8-9-22(18)28)26(31)21-13-20(21)17-5-3-2-4-6-17/h2-12,20-21H,13-15H2,1H3/t20-,21?/m1/s1. The van der Waals surface area contributed by atoms with Crippen LogP contribution in [0.1, 0.15) is 34.9 Å². The quantitative estimate of drug-likeness (QED) is 0.390. The molecule has 1 heterocycles. The van der Waals surface area contributed by atoms with E-state index in [1.807, 2.05) is 55.5 Å². The Kier molecular flexibility index (Phi) is 5.21. The van der Waals surface area contributed by atoms with Crippen LogP contribution in [0.4, 0.5) is 8.78 Å². The summed E-state index contributed by atoms with van der Waals surface area (Å²) in [7, 11) is 0. The Balaban J connectivity index is 1.42. The molecule has 1 saturated carbocycles. The lowest BCUT2D eigenvalue weighted by Crippen LogP contribution is -2.32. The van der Waals surface area contributed by atoms with Crippen molar-refractivity contribution in [2.75, 3.05) is 0 Å². The summed E-state index contributed by atoms with van der Waals surface area (Å²) in [5, 5.41) is 0. The molecule has 0 N–H and O–H groups in total. The highest BCUT2D eigenvalue weighted by molar-refractivity contribution is 5.83. The second-order valence-electron chi connectivity index (χ2n) is 8.37. The molecule has 0 saturated heterocycles. The van der Waals surface area contributed by atoms with Crippen LogP contribution in [0.5, 0.6) is 0 Å². The van der Waals surface area contributed by atoms with Gasteiger partial charge in [0, 0.05) is 18.0 Å². The number of amides is 1. The Morgan fingerprint density at radius 3 is 2.69 bits per heavy atom. The van der Waals surface area contributed by atoms with E-state index in [4.69, 9.17) is 4.42 Å². The predicted octanol–water partition coefficient (Wildman–Crippen LogP) is 5.75. The summed E-state index contributed by atoms with van der Waals surface area (Å²) < 4.78 is 33.9. The molecule has 1 unspecified atom stereocenters. The van der Waals surface area contributed by atoms with Gasteiger partial charge in [-0.05, 0) is 60.7 Å². The van der Waals surface area contributed by atoms with Gasteiger partial charge in [0.05, 0.1) is 6.54 Å². The summed E-state index contributed by atoms with van der Waals surface area (Å²) in [6.45, 7) is 1.99. The average Bonchev–Trinajstić information content (AvgIpc) is 3.49. The number of aromatic nitrogens is 1. The van der Waals surface area contributed by atoms with E-state index in [1.54, 1.807) is 0 Å². The topological polar surface area (TPSA) is 46.3 Å². The molecule has 32 heavy (non-hydrogen) atoms. The third kappa shape index (κ3) is 4.13. The van der Waals surface area contributed by atoms with Crippen molar-refractivity contribution >= 4 is 17.0 Å². The Hall–Kier alpha value is -3.54. The maximum absolute atomic E-state index is 14.4. The van der Waals surface area contributed by atoms with Crippen LogP contribution in [0.15, 0.2) is 71.1 Å². The molecule has 1 amide bonds. The summed E-state index contributed by atoms with van der Waals surface area (Å²) in [6.07, 6.45) is 0.734. The first-order valence-corrected chi connectivity index (χ1v) is 10.6. The molecule has 6 heteroatoms. The molecule has 0 aliphatic heterocycles. The van der Waals surface area contributed by atoms with Crippen LogP contribution in [0.2, 0.25) is 0 Å². The Bertz CT molecular complexity index is 1290. The van der Waals surface area contributed by atoms with Crippen LogP contribution in [-0.2, 0) is 17.9 Å². The number of rotatable bonds is 6. The van der Waals surface area contributed by atoms with Gasteiger partial charge in [0.15, 0.2) is 5.58 Å². The third-order valence-corrected chi connectivity index (χ3v) is 5.93. The van der Waals surface area contributed by atoms with Crippen molar-refractivity contribution in [3.63, 3.8) is 0 Å². The molecule has 0 spiro atoms. The molecule has 4 nitrogen and oxygen atoms in total. The van der Waals surface area contributed by atoms with Crippen molar-refractivity contribution in [2.24, 2.45) is 5.92 Å². The first-order valence-electron chi connectivity index (χ1n) is 10.6. The van der Waals surface area contributed by atoms with Crippen LogP contribution < -0.4 is 0 Å². The zero-order valence-electron chi connectivity index (χ0n) is 17.6. The smallest absolute Gasteiger partial charge is 0.227 e. The number of fused-ring (bicyclic) bond motifs is 1. The van der Waals surface area contributed by atoms with Crippen molar-refractivity contribution in [1.29, 1.82) is 0 Å². The van der Waals surface area contributed by atoms with Gasteiger partial charge < -0.3 is 9.32 Å². The molecule has 0 bridgehead atoms. The molecule has 3 aromatic carbocycles. The summed E-state index contributed by atoms with van der Waals surface area (Å²) in [5.74, 6) is -0.892. The fraction of sp³-hybridized carbons (Fsp3) is 0.231. The Morgan fingerprint density at radius 2 is 1.88 bits per heavy atom. The zero-order valence-corrected chi connectivity index (χ0v) is 17.6. The summed E-state index contributed by atoms with van der Waals surface area (Å²) in [4.78, 5) is 19.4. The Labute approximate surface area is 184 Å². The lowest BCUT2D eigenvalue weighted by molar-refractivity contribution is -0.134. The van der Waals surface area contributed by atoms with Gasteiger partial charge in [-0.25, -0.2) is 13.8 Å². The second kappa shape index (κ2) is 8.19. The van der Waals surface area contributed by atoms with E-state index in [0.29, 0.717) is 17.0 Å². The van der Waals surface area contributed by atoms with Gasteiger partial charge in [-0.15, -0.1) is 0 Å². The van der Waals surface area contributed by atoms with Crippen LogP contribution >= 0.6 is 0 Å². The molecular weight excluding hydrogens is 410 g/mol. The van der Waals surface area contributed by atoms with Gasteiger partial charge in [-0.3, -0.25) is 4.79 Å². The zero-order chi connectivity index (χ0) is 22.2. The predicted molar refractivity (Wildman–Crippen MR) is 117 cm³/mol. The van der Waals surface area contributed by atoms with E-state index < -0.39 is 11.6 Å². The van der Waals surface area contributed by atoms with E-state index in [2.05, 4.69) is 4.98 Å². The highest BCUT2D eigenvalue weighted by Gasteiger charge is 2.46. The fourth-order valence-corrected chi connectivity index (χ4v) is 4.17. The number of aryl methyl sites for hydroxylation is 1. The van der Waals surface area contributed by atoms with Crippen molar-refractivity contribution in [3.8, 4) is 0 Å². The molecule has 1 fully saturated rings. The molecule has 162 valence electrons. The van der Waals surface area contributed by atoms with Gasteiger partial charge in [-0.2, -0.15) is 0 Å².